The molecule has 18 heavy (non-hydrogen) atoms. The predicted molar refractivity (Wildman–Crippen MR) is 70.4 cm³/mol. The number of carbonyl (C=O) groups excluding carboxylic acids is 1. The van der Waals surface area contributed by atoms with Crippen LogP contribution in [0.5, 0.6) is 0 Å². The second-order valence-electron chi connectivity index (χ2n) is 4.87. The van der Waals surface area contributed by atoms with Crippen LogP contribution in [0, 0.1) is 11.2 Å². The van der Waals surface area contributed by atoms with E-state index in [1.54, 1.807) is 12.1 Å². The maximum absolute atomic E-state index is 13.1. The molecule has 3 N–H and O–H groups in total. The lowest BCUT2D eigenvalue weighted by Gasteiger charge is -2.27. The quantitative estimate of drug-likeness (QED) is 0.845. The van der Waals surface area contributed by atoms with Gasteiger partial charge in [0.1, 0.15) is 5.82 Å². The molecule has 0 saturated carbocycles. The molecule has 3 nitrogen and oxygen atoms in total. The fourth-order valence-corrected chi connectivity index (χ4v) is 1.63. The second-order valence-corrected chi connectivity index (χ2v) is 4.87. The smallest absolute Gasteiger partial charge is 0.227 e. The highest BCUT2D eigenvalue weighted by atomic mass is 19.1. The highest BCUT2D eigenvalue weighted by Crippen LogP contribution is 2.22. The monoisotopic (exact) mass is 252 g/mol. The number of hydrogen-bond donors (Lipinski definition) is 2. The average Bonchev–Trinajstić information content (AvgIpc) is 2.37. The summed E-state index contributed by atoms with van der Waals surface area (Å²) in [6.45, 7) is 5.89. The molecule has 100 valence electrons. The molecule has 2 atom stereocenters. The van der Waals surface area contributed by atoms with Gasteiger partial charge in [0.05, 0.1) is 11.5 Å². The minimum atomic E-state index is -0.568. The van der Waals surface area contributed by atoms with Crippen molar-refractivity contribution < 1.29 is 9.18 Å². The summed E-state index contributed by atoms with van der Waals surface area (Å²) in [5.74, 6) is -0.394. The van der Waals surface area contributed by atoms with Crippen LogP contribution in [0.15, 0.2) is 24.3 Å². The molecule has 0 aliphatic rings. The average molecular weight is 252 g/mol. The first-order chi connectivity index (χ1) is 8.42. The molecule has 0 saturated heterocycles. The Kier molecular flexibility index (Phi) is 4.84. The number of benzene rings is 1. The zero-order valence-electron chi connectivity index (χ0n) is 11.2. The van der Waals surface area contributed by atoms with Crippen LogP contribution in [0.2, 0.25) is 0 Å². The Morgan fingerprint density at radius 1 is 1.56 bits per heavy atom. The van der Waals surface area contributed by atoms with Crippen LogP contribution >= 0.6 is 0 Å². The third-order valence-corrected chi connectivity index (χ3v) is 3.48. The molecular weight excluding hydrogens is 231 g/mol. The van der Waals surface area contributed by atoms with Crippen molar-refractivity contribution in [2.45, 2.75) is 33.2 Å². The van der Waals surface area contributed by atoms with Crippen molar-refractivity contribution in [1.29, 1.82) is 0 Å². The summed E-state index contributed by atoms with van der Waals surface area (Å²) in [6, 6.07) is 6.01. The van der Waals surface area contributed by atoms with Crippen molar-refractivity contribution in [1.82, 2.24) is 5.32 Å². The lowest BCUT2D eigenvalue weighted by molar-refractivity contribution is -0.130. The summed E-state index contributed by atoms with van der Waals surface area (Å²) < 4.78 is 13.1. The van der Waals surface area contributed by atoms with Gasteiger partial charge in [-0.15, -0.1) is 0 Å². The molecule has 0 spiro atoms. The van der Waals surface area contributed by atoms with Gasteiger partial charge in [-0.05, 0) is 38.0 Å². The summed E-state index contributed by atoms with van der Waals surface area (Å²) in [4.78, 5) is 12.1. The first-order valence-electron chi connectivity index (χ1n) is 6.19. The Hall–Kier alpha value is -1.42. The van der Waals surface area contributed by atoms with Crippen LogP contribution in [0.4, 0.5) is 4.39 Å². The van der Waals surface area contributed by atoms with Crippen LogP contribution < -0.4 is 11.1 Å². The van der Waals surface area contributed by atoms with Gasteiger partial charge in [-0.25, -0.2) is 4.39 Å². The second kappa shape index (κ2) is 5.96. The topological polar surface area (TPSA) is 55.1 Å². The molecule has 1 amide bonds. The first kappa shape index (κ1) is 14.6. The molecule has 0 heterocycles. The molecule has 0 radical (unpaired) electrons. The summed E-state index contributed by atoms with van der Waals surface area (Å²) in [5, 5.41) is 2.88. The number of hydrogen-bond acceptors (Lipinski definition) is 2. The number of amides is 1. The van der Waals surface area contributed by atoms with Gasteiger partial charge in [0.25, 0.3) is 0 Å². The van der Waals surface area contributed by atoms with Gasteiger partial charge in [-0.3, -0.25) is 4.79 Å². The molecule has 0 aliphatic heterocycles. The first-order valence-corrected chi connectivity index (χ1v) is 6.19. The van der Waals surface area contributed by atoms with Gasteiger partial charge < -0.3 is 11.1 Å². The Morgan fingerprint density at radius 3 is 2.72 bits per heavy atom. The van der Waals surface area contributed by atoms with Crippen LogP contribution in [-0.2, 0) is 4.79 Å². The van der Waals surface area contributed by atoms with Crippen molar-refractivity contribution in [3.8, 4) is 0 Å². The number of halogens is 1. The molecule has 0 bridgehead atoms. The van der Waals surface area contributed by atoms with Gasteiger partial charge in [-0.2, -0.15) is 0 Å². The number of rotatable bonds is 5. The van der Waals surface area contributed by atoms with E-state index < -0.39 is 5.41 Å². The summed E-state index contributed by atoms with van der Waals surface area (Å²) >= 11 is 0. The highest BCUT2D eigenvalue weighted by molar-refractivity contribution is 5.82. The van der Waals surface area contributed by atoms with Gasteiger partial charge >= 0.3 is 0 Å². The van der Waals surface area contributed by atoms with Crippen molar-refractivity contribution in [3.63, 3.8) is 0 Å². The van der Waals surface area contributed by atoms with E-state index in [1.807, 2.05) is 20.8 Å². The molecule has 0 aromatic heterocycles. The van der Waals surface area contributed by atoms with E-state index >= 15 is 0 Å². The maximum Gasteiger partial charge on any atom is 0.227 e. The molecule has 4 heteroatoms. The third-order valence-electron chi connectivity index (χ3n) is 3.48. The molecular formula is C14H21FN2O. The predicted octanol–water partition coefficient (Wildman–Crippen LogP) is 2.38. The fourth-order valence-electron chi connectivity index (χ4n) is 1.63. The summed E-state index contributed by atoms with van der Waals surface area (Å²) in [7, 11) is 0. The van der Waals surface area contributed by atoms with Crippen LogP contribution in [0.3, 0.4) is 0 Å². The Labute approximate surface area is 108 Å². The molecule has 1 aromatic rings. The lowest BCUT2D eigenvalue weighted by Crippen LogP contribution is -2.44. The van der Waals surface area contributed by atoms with Gasteiger partial charge in [-0.1, -0.05) is 19.1 Å². The molecule has 0 fully saturated rings. The largest absolute Gasteiger partial charge is 0.349 e. The van der Waals surface area contributed by atoms with E-state index in [4.69, 9.17) is 5.73 Å². The number of nitrogens with two attached hydrogens (primary N) is 1. The zero-order chi connectivity index (χ0) is 13.8. The van der Waals surface area contributed by atoms with Gasteiger partial charge in [0.2, 0.25) is 5.91 Å². The minimum absolute atomic E-state index is 0.0933. The Balaban J connectivity index is 2.76. The third kappa shape index (κ3) is 3.29. The highest BCUT2D eigenvalue weighted by Gasteiger charge is 2.30. The lowest BCUT2D eigenvalue weighted by atomic mass is 9.86. The zero-order valence-corrected chi connectivity index (χ0v) is 11.2. The summed E-state index contributed by atoms with van der Waals surface area (Å²) in [5.41, 5.74) is 5.82. The van der Waals surface area contributed by atoms with E-state index in [2.05, 4.69) is 5.32 Å². The van der Waals surface area contributed by atoms with Crippen LogP contribution in [0.1, 0.15) is 38.8 Å². The van der Waals surface area contributed by atoms with Crippen molar-refractivity contribution in [2.75, 3.05) is 6.54 Å². The SMILES string of the molecule is CCC(C)(CN)C(=O)N[C@H](C)c1cccc(F)c1. The Bertz CT molecular complexity index is 416. The van der Waals surface area contributed by atoms with E-state index in [1.165, 1.54) is 12.1 Å². The maximum atomic E-state index is 13.1. The van der Waals surface area contributed by atoms with Crippen molar-refractivity contribution in [2.24, 2.45) is 11.1 Å². The summed E-state index contributed by atoms with van der Waals surface area (Å²) in [6.07, 6.45) is 0.672. The van der Waals surface area contributed by atoms with E-state index in [9.17, 15) is 9.18 Å². The molecule has 1 rings (SSSR count). The molecule has 1 aromatic carbocycles. The van der Waals surface area contributed by atoms with Crippen LogP contribution in [-0.4, -0.2) is 12.5 Å². The molecule has 0 aliphatic carbocycles. The van der Waals surface area contributed by atoms with Crippen molar-refractivity contribution in [3.05, 3.63) is 35.6 Å². The van der Waals surface area contributed by atoms with E-state index in [0.29, 0.717) is 13.0 Å². The normalized spacial score (nSPS) is 15.8. The van der Waals surface area contributed by atoms with E-state index in [-0.39, 0.29) is 17.8 Å². The molecule has 1 unspecified atom stereocenters. The van der Waals surface area contributed by atoms with Crippen molar-refractivity contribution >= 4 is 5.91 Å². The van der Waals surface area contributed by atoms with Crippen LogP contribution in [0.25, 0.3) is 0 Å². The minimum Gasteiger partial charge on any atom is -0.349 e. The van der Waals surface area contributed by atoms with Gasteiger partial charge in [0.15, 0.2) is 0 Å². The Morgan fingerprint density at radius 2 is 2.22 bits per heavy atom. The van der Waals surface area contributed by atoms with Gasteiger partial charge in [0, 0.05) is 6.54 Å². The number of nitrogens with one attached hydrogen (secondary N) is 1. The van der Waals surface area contributed by atoms with E-state index in [0.717, 1.165) is 5.56 Å². The number of carbonyl (C=O) groups is 1. The fraction of sp³-hybridized carbons (Fsp3) is 0.500. The standard InChI is InChI=1S/C14H21FN2O/c1-4-14(3,9-16)13(18)17-10(2)11-6-5-7-12(15)8-11/h5-8,10H,4,9,16H2,1-3H3,(H,17,18)/t10-,14?/m1/s1.